The molecule has 0 aliphatic rings. The number of hydrogen-bond donors (Lipinski definition) is 4. The predicted molar refractivity (Wildman–Crippen MR) is 53.6 cm³/mol. The Balaban J connectivity index is 2.71. The van der Waals surface area contributed by atoms with Gasteiger partial charge in [0.25, 0.3) is 0 Å². The van der Waals surface area contributed by atoms with Crippen molar-refractivity contribution in [2.75, 3.05) is 5.32 Å². The molecule has 1 rings (SSSR count). The summed E-state index contributed by atoms with van der Waals surface area (Å²) in [6, 6.07) is 0. The molecule has 4 N–H and O–H groups in total. The molecule has 0 bridgehead atoms. The van der Waals surface area contributed by atoms with Crippen LogP contribution in [0.4, 0.5) is 5.82 Å². The minimum absolute atomic E-state index is 0.255. The molecule has 6 nitrogen and oxygen atoms in total. The molecule has 1 aromatic heterocycles. The maximum absolute atomic E-state index is 9.37. The largest absolute Gasteiger partial charge is 0.382 e. The minimum atomic E-state index is -1.83. The van der Waals surface area contributed by atoms with Gasteiger partial charge in [-0.3, -0.25) is 4.98 Å². The van der Waals surface area contributed by atoms with Gasteiger partial charge in [0.05, 0.1) is 6.20 Å². The van der Waals surface area contributed by atoms with Gasteiger partial charge in [0.2, 0.25) is 0 Å². The molecule has 0 fully saturated rings. The maximum atomic E-state index is 9.37. The van der Waals surface area contributed by atoms with E-state index in [4.69, 9.17) is 10.2 Å². The van der Waals surface area contributed by atoms with Crippen molar-refractivity contribution < 1.29 is 15.3 Å². The molecular formula is C9H13N3O3. The van der Waals surface area contributed by atoms with E-state index in [0.29, 0.717) is 5.82 Å². The van der Waals surface area contributed by atoms with E-state index in [-0.39, 0.29) is 5.70 Å². The Kier molecular flexibility index (Phi) is 4.17. The van der Waals surface area contributed by atoms with Gasteiger partial charge in [-0.2, -0.15) is 0 Å². The molecule has 0 aliphatic carbocycles. The van der Waals surface area contributed by atoms with E-state index in [1.807, 2.05) is 0 Å². The van der Waals surface area contributed by atoms with Crippen molar-refractivity contribution in [2.24, 2.45) is 0 Å². The lowest BCUT2D eigenvalue weighted by Gasteiger charge is -2.17. The zero-order valence-corrected chi connectivity index (χ0v) is 8.20. The number of rotatable bonds is 4. The maximum Gasteiger partial charge on any atom is 0.183 e. The number of nitrogens with zero attached hydrogens (tertiary/aromatic N) is 2. The quantitative estimate of drug-likeness (QED) is 0.499. The van der Waals surface area contributed by atoms with Crippen LogP contribution in [-0.4, -0.2) is 37.7 Å². The molecule has 0 spiro atoms. The zero-order chi connectivity index (χ0) is 11.3. The van der Waals surface area contributed by atoms with Crippen LogP contribution in [0, 0.1) is 0 Å². The Labute approximate surface area is 86.9 Å². The first-order valence-corrected chi connectivity index (χ1v) is 4.38. The van der Waals surface area contributed by atoms with Gasteiger partial charge in [-0.25, -0.2) is 4.98 Å². The summed E-state index contributed by atoms with van der Waals surface area (Å²) in [7, 11) is 0. The Morgan fingerprint density at radius 1 is 1.40 bits per heavy atom. The highest BCUT2D eigenvalue weighted by molar-refractivity contribution is 5.39. The molecule has 15 heavy (non-hydrogen) atoms. The van der Waals surface area contributed by atoms with Crippen molar-refractivity contribution in [3.05, 3.63) is 30.4 Å². The third-order valence-electron chi connectivity index (χ3n) is 1.75. The molecule has 1 heterocycles. The van der Waals surface area contributed by atoms with Crippen molar-refractivity contribution in [1.82, 2.24) is 9.97 Å². The van der Waals surface area contributed by atoms with Crippen molar-refractivity contribution in [3.63, 3.8) is 0 Å². The first-order chi connectivity index (χ1) is 7.15. The molecule has 0 amide bonds. The fourth-order valence-corrected chi connectivity index (χ4v) is 0.989. The summed E-state index contributed by atoms with van der Waals surface area (Å²) in [4.78, 5) is 7.74. The molecule has 6 heteroatoms. The minimum Gasteiger partial charge on any atom is -0.382 e. The highest BCUT2D eigenvalue weighted by Crippen LogP contribution is 2.09. The Bertz CT molecular complexity index is 327. The molecular weight excluding hydrogens is 198 g/mol. The van der Waals surface area contributed by atoms with E-state index in [2.05, 4.69) is 15.3 Å². The van der Waals surface area contributed by atoms with E-state index in [1.54, 1.807) is 6.92 Å². The fourth-order valence-electron chi connectivity index (χ4n) is 0.989. The molecule has 0 saturated carbocycles. The lowest BCUT2D eigenvalue weighted by Crippen LogP contribution is -2.30. The zero-order valence-electron chi connectivity index (χ0n) is 8.20. The van der Waals surface area contributed by atoms with E-state index >= 15 is 0 Å². The van der Waals surface area contributed by atoms with Crippen LogP contribution in [0.2, 0.25) is 0 Å². The third kappa shape index (κ3) is 3.28. The summed E-state index contributed by atoms with van der Waals surface area (Å²) >= 11 is 0. The second-order valence-corrected chi connectivity index (χ2v) is 2.82. The van der Waals surface area contributed by atoms with E-state index in [1.165, 1.54) is 24.7 Å². The first-order valence-electron chi connectivity index (χ1n) is 4.38. The number of allylic oxidation sites excluding steroid dienone is 1. The van der Waals surface area contributed by atoms with Gasteiger partial charge in [0, 0.05) is 18.1 Å². The molecule has 1 unspecified atom stereocenters. The summed E-state index contributed by atoms with van der Waals surface area (Å²) in [6.45, 7) is 1.66. The Morgan fingerprint density at radius 2 is 2.13 bits per heavy atom. The fraction of sp³-hybridized carbons (Fsp3) is 0.333. The van der Waals surface area contributed by atoms with E-state index < -0.39 is 12.4 Å². The van der Waals surface area contributed by atoms with E-state index in [9.17, 15) is 5.11 Å². The summed E-state index contributed by atoms with van der Waals surface area (Å²) < 4.78 is 0. The monoisotopic (exact) mass is 211 g/mol. The number of aliphatic hydroxyl groups excluding tert-OH is 2. The lowest BCUT2D eigenvalue weighted by molar-refractivity contribution is -0.107. The normalized spacial score (nSPS) is 14.1. The number of aliphatic hydroxyl groups is 3. The topological polar surface area (TPSA) is 98.5 Å². The molecule has 0 aromatic carbocycles. The van der Waals surface area contributed by atoms with Crippen molar-refractivity contribution >= 4 is 5.82 Å². The number of anilines is 1. The SMILES string of the molecule is C/C=C(/Nc1cnccn1)C(O)C(O)O. The van der Waals surface area contributed by atoms with Crippen LogP contribution in [0.25, 0.3) is 0 Å². The van der Waals surface area contributed by atoms with Crippen LogP contribution in [0.15, 0.2) is 30.4 Å². The molecule has 0 saturated heterocycles. The van der Waals surface area contributed by atoms with Crippen LogP contribution in [0.5, 0.6) is 0 Å². The average molecular weight is 211 g/mol. The van der Waals surface area contributed by atoms with Gasteiger partial charge in [0.15, 0.2) is 6.29 Å². The van der Waals surface area contributed by atoms with Crippen molar-refractivity contribution in [2.45, 2.75) is 19.3 Å². The molecule has 0 radical (unpaired) electrons. The summed E-state index contributed by atoms with van der Waals surface area (Å²) in [5.74, 6) is 0.422. The van der Waals surface area contributed by atoms with Crippen LogP contribution in [0.3, 0.4) is 0 Å². The average Bonchev–Trinajstić information content (AvgIpc) is 2.26. The standard InChI is InChI=1S/C9H13N3O3/c1-2-6(8(13)9(14)15)12-7-5-10-3-4-11-7/h2-5,8-9,13-15H,1H3,(H,11,12)/b6-2+. The van der Waals surface area contributed by atoms with Gasteiger partial charge < -0.3 is 20.6 Å². The van der Waals surface area contributed by atoms with E-state index in [0.717, 1.165) is 0 Å². The van der Waals surface area contributed by atoms with Gasteiger partial charge in [-0.05, 0) is 6.92 Å². The highest BCUT2D eigenvalue weighted by atomic mass is 16.5. The van der Waals surface area contributed by atoms with Crippen molar-refractivity contribution in [3.8, 4) is 0 Å². The number of aromatic nitrogens is 2. The van der Waals surface area contributed by atoms with Crippen molar-refractivity contribution in [1.29, 1.82) is 0 Å². The van der Waals surface area contributed by atoms with Crippen LogP contribution in [-0.2, 0) is 0 Å². The Morgan fingerprint density at radius 3 is 2.60 bits per heavy atom. The molecule has 1 atom stereocenters. The van der Waals surface area contributed by atoms with Gasteiger partial charge in [-0.1, -0.05) is 6.08 Å². The first kappa shape index (κ1) is 11.6. The van der Waals surface area contributed by atoms with Gasteiger partial charge in [0.1, 0.15) is 11.9 Å². The van der Waals surface area contributed by atoms with Crippen LogP contribution in [0.1, 0.15) is 6.92 Å². The summed E-state index contributed by atoms with van der Waals surface area (Å²) in [5, 5.41) is 29.7. The summed E-state index contributed by atoms with van der Waals surface area (Å²) in [5.41, 5.74) is 0.255. The summed E-state index contributed by atoms with van der Waals surface area (Å²) in [6.07, 6.45) is 2.76. The predicted octanol–water partition coefficient (Wildman–Crippen LogP) is -0.536. The molecule has 82 valence electrons. The second-order valence-electron chi connectivity index (χ2n) is 2.82. The van der Waals surface area contributed by atoms with Crippen LogP contribution >= 0.6 is 0 Å². The molecule has 0 aliphatic heterocycles. The highest BCUT2D eigenvalue weighted by Gasteiger charge is 2.17. The Hall–Kier alpha value is -1.50. The third-order valence-corrected chi connectivity index (χ3v) is 1.75. The second kappa shape index (κ2) is 5.40. The lowest BCUT2D eigenvalue weighted by atomic mass is 10.2. The number of nitrogens with one attached hydrogen (secondary N) is 1. The smallest absolute Gasteiger partial charge is 0.183 e. The van der Waals surface area contributed by atoms with Crippen LogP contribution < -0.4 is 5.32 Å². The number of hydrogen-bond acceptors (Lipinski definition) is 6. The van der Waals surface area contributed by atoms with Gasteiger partial charge >= 0.3 is 0 Å². The molecule has 1 aromatic rings. The van der Waals surface area contributed by atoms with Gasteiger partial charge in [-0.15, -0.1) is 0 Å².